The lowest BCUT2D eigenvalue weighted by Crippen LogP contribution is -2.28. The van der Waals surface area contributed by atoms with Crippen LogP contribution in [-0.2, 0) is 0 Å². The predicted molar refractivity (Wildman–Crippen MR) is 65.7 cm³/mol. The SMILES string of the molecule is C#CCCC(NN)c1ccccc1OCC. The number of hydrogen-bond acceptors (Lipinski definition) is 3. The van der Waals surface area contributed by atoms with E-state index < -0.39 is 0 Å². The summed E-state index contributed by atoms with van der Waals surface area (Å²) in [7, 11) is 0. The highest BCUT2D eigenvalue weighted by molar-refractivity contribution is 5.35. The van der Waals surface area contributed by atoms with Crippen LogP contribution in [0.1, 0.15) is 31.4 Å². The molecule has 3 nitrogen and oxygen atoms in total. The Bertz CT molecular complexity index is 357. The van der Waals surface area contributed by atoms with E-state index in [4.69, 9.17) is 17.0 Å². The summed E-state index contributed by atoms with van der Waals surface area (Å²) < 4.78 is 5.55. The molecule has 3 N–H and O–H groups in total. The van der Waals surface area contributed by atoms with E-state index in [0.717, 1.165) is 17.7 Å². The monoisotopic (exact) mass is 218 g/mol. The molecule has 0 fully saturated rings. The van der Waals surface area contributed by atoms with Crippen molar-refractivity contribution in [2.75, 3.05) is 6.61 Å². The summed E-state index contributed by atoms with van der Waals surface area (Å²) in [5, 5.41) is 0. The topological polar surface area (TPSA) is 47.3 Å². The highest BCUT2D eigenvalue weighted by atomic mass is 16.5. The zero-order chi connectivity index (χ0) is 11.8. The van der Waals surface area contributed by atoms with Gasteiger partial charge >= 0.3 is 0 Å². The largest absolute Gasteiger partial charge is 0.494 e. The Morgan fingerprint density at radius 1 is 1.50 bits per heavy atom. The number of terminal acetylenes is 1. The van der Waals surface area contributed by atoms with Crippen LogP contribution in [0.25, 0.3) is 0 Å². The van der Waals surface area contributed by atoms with Crippen LogP contribution < -0.4 is 16.0 Å². The molecule has 16 heavy (non-hydrogen) atoms. The fourth-order valence-electron chi connectivity index (χ4n) is 1.61. The van der Waals surface area contributed by atoms with Gasteiger partial charge in [0.15, 0.2) is 0 Å². The average Bonchev–Trinajstić information content (AvgIpc) is 2.32. The van der Waals surface area contributed by atoms with Crippen molar-refractivity contribution < 1.29 is 4.74 Å². The highest BCUT2D eigenvalue weighted by Crippen LogP contribution is 2.27. The molecule has 1 aromatic carbocycles. The van der Waals surface area contributed by atoms with Crippen molar-refractivity contribution in [2.24, 2.45) is 5.84 Å². The van der Waals surface area contributed by atoms with Gasteiger partial charge in [-0.25, -0.2) is 0 Å². The summed E-state index contributed by atoms with van der Waals surface area (Å²) in [6.07, 6.45) is 6.75. The quantitative estimate of drug-likeness (QED) is 0.436. The first kappa shape index (κ1) is 12.6. The minimum absolute atomic E-state index is 0.0406. The molecule has 0 aliphatic carbocycles. The van der Waals surface area contributed by atoms with Crippen molar-refractivity contribution in [2.45, 2.75) is 25.8 Å². The fourth-order valence-corrected chi connectivity index (χ4v) is 1.61. The van der Waals surface area contributed by atoms with Crippen LogP contribution in [0.5, 0.6) is 5.75 Å². The molecule has 0 spiro atoms. The molecule has 0 aromatic heterocycles. The number of ether oxygens (including phenoxy) is 1. The molecule has 0 amide bonds. The van der Waals surface area contributed by atoms with Crippen molar-refractivity contribution in [3.8, 4) is 18.1 Å². The standard InChI is InChI=1S/C13H18N2O/c1-3-5-9-12(15-14)11-8-6-7-10-13(11)16-4-2/h1,6-8,10,12,15H,4-5,9,14H2,2H3. The number of rotatable bonds is 6. The molecule has 3 heteroatoms. The third kappa shape index (κ3) is 3.27. The Hall–Kier alpha value is -1.50. The van der Waals surface area contributed by atoms with E-state index >= 15 is 0 Å². The predicted octanol–water partition coefficient (Wildman–Crippen LogP) is 2.00. The number of hydrazine groups is 1. The van der Waals surface area contributed by atoms with Gasteiger partial charge in [-0.3, -0.25) is 11.3 Å². The molecule has 0 saturated heterocycles. The molecule has 86 valence electrons. The molecule has 0 bridgehead atoms. The van der Waals surface area contributed by atoms with Gasteiger partial charge < -0.3 is 4.74 Å². The molecule has 1 rings (SSSR count). The van der Waals surface area contributed by atoms with Crippen LogP contribution in [0.2, 0.25) is 0 Å². The van der Waals surface area contributed by atoms with Crippen LogP contribution in [0.15, 0.2) is 24.3 Å². The van der Waals surface area contributed by atoms with Crippen LogP contribution >= 0.6 is 0 Å². The third-order valence-corrected chi connectivity index (χ3v) is 2.37. The number of benzene rings is 1. The second-order valence-electron chi connectivity index (χ2n) is 3.43. The zero-order valence-corrected chi connectivity index (χ0v) is 9.57. The van der Waals surface area contributed by atoms with E-state index in [1.165, 1.54) is 0 Å². The molecule has 0 aliphatic rings. The van der Waals surface area contributed by atoms with E-state index in [1.807, 2.05) is 31.2 Å². The van der Waals surface area contributed by atoms with Crippen LogP contribution in [0, 0.1) is 12.3 Å². The van der Waals surface area contributed by atoms with Crippen molar-refractivity contribution in [3.63, 3.8) is 0 Å². The number of hydrogen-bond donors (Lipinski definition) is 2. The second-order valence-corrected chi connectivity index (χ2v) is 3.43. The Kier molecular flexibility index (Phi) is 5.41. The summed E-state index contributed by atoms with van der Waals surface area (Å²) in [5.74, 6) is 9.02. The maximum atomic E-state index is 5.55. The lowest BCUT2D eigenvalue weighted by atomic mass is 10.0. The van der Waals surface area contributed by atoms with Gasteiger partial charge in [-0.05, 0) is 19.4 Å². The summed E-state index contributed by atoms with van der Waals surface area (Å²) in [4.78, 5) is 0. The van der Waals surface area contributed by atoms with Crippen LogP contribution in [0.3, 0.4) is 0 Å². The first-order chi connectivity index (χ1) is 7.83. The van der Waals surface area contributed by atoms with E-state index in [-0.39, 0.29) is 6.04 Å². The molecule has 1 atom stereocenters. The Balaban J connectivity index is 2.86. The first-order valence-electron chi connectivity index (χ1n) is 5.44. The van der Waals surface area contributed by atoms with E-state index in [2.05, 4.69) is 11.3 Å². The molecular weight excluding hydrogens is 200 g/mol. The van der Waals surface area contributed by atoms with Crippen molar-refractivity contribution in [3.05, 3.63) is 29.8 Å². The summed E-state index contributed by atoms with van der Waals surface area (Å²) in [6, 6.07) is 7.91. The summed E-state index contributed by atoms with van der Waals surface area (Å²) in [6.45, 7) is 2.60. The van der Waals surface area contributed by atoms with Crippen LogP contribution in [-0.4, -0.2) is 6.61 Å². The highest BCUT2D eigenvalue weighted by Gasteiger charge is 2.13. The van der Waals surface area contributed by atoms with E-state index in [1.54, 1.807) is 0 Å². The van der Waals surface area contributed by atoms with Crippen LogP contribution in [0.4, 0.5) is 0 Å². The normalized spacial score (nSPS) is 11.8. The first-order valence-corrected chi connectivity index (χ1v) is 5.44. The van der Waals surface area contributed by atoms with Crippen molar-refractivity contribution in [1.29, 1.82) is 0 Å². The number of nitrogens with two attached hydrogens (primary N) is 1. The molecule has 0 heterocycles. The molecular formula is C13H18N2O. The van der Waals surface area contributed by atoms with Crippen molar-refractivity contribution >= 4 is 0 Å². The molecule has 1 unspecified atom stereocenters. The Labute approximate surface area is 97.0 Å². The average molecular weight is 218 g/mol. The van der Waals surface area contributed by atoms with Gasteiger partial charge in [-0.15, -0.1) is 12.3 Å². The molecule has 0 saturated carbocycles. The molecule has 0 radical (unpaired) electrons. The molecule has 0 aliphatic heterocycles. The van der Waals surface area contributed by atoms with Gasteiger partial charge in [0.25, 0.3) is 0 Å². The minimum atomic E-state index is 0.0406. The minimum Gasteiger partial charge on any atom is -0.494 e. The zero-order valence-electron chi connectivity index (χ0n) is 9.57. The number of para-hydroxylation sites is 1. The Morgan fingerprint density at radius 2 is 2.25 bits per heavy atom. The van der Waals surface area contributed by atoms with Gasteiger partial charge in [-0.1, -0.05) is 18.2 Å². The smallest absolute Gasteiger partial charge is 0.124 e. The van der Waals surface area contributed by atoms with Gasteiger partial charge in [0.05, 0.1) is 12.6 Å². The van der Waals surface area contributed by atoms with Gasteiger partial charge in [0.1, 0.15) is 5.75 Å². The lowest BCUT2D eigenvalue weighted by Gasteiger charge is -2.18. The maximum absolute atomic E-state index is 5.55. The van der Waals surface area contributed by atoms with Crippen molar-refractivity contribution in [1.82, 2.24) is 5.43 Å². The van der Waals surface area contributed by atoms with Gasteiger partial charge in [0.2, 0.25) is 0 Å². The second kappa shape index (κ2) is 6.89. The Morgan fingerprint density at radius 3 is 2.88 bits per heavy atom. The van der Waals surface area contributed by atoms with E-state index in [0.29, 0.717) is 13.0 Å². The summed E-state index contributed by atoms with van der Waals surface area (Å²) >= 11 is 0. The fraction of sp³-hybridized carbons (Fsp3) is 0.385. The molecule has 1 aromatic rings. The van der Waals surface area contributed by atoms with Gasteiger partial charge in [-0.2, -0.15) is 0 Å². The lowest BCUT2D eigenvalue weighted by molar-refractivity contribution is 0.330. The van der Waals surface area contributed by atoms with E-state index in [9.17, 15) is 0 Å². The summed E-state index contributed by atoms with van der Waals surface area (Å²) in [5.41, 5.74) is 3.83. The number of nitrogens with one attached hydrogen (secondary N) is 1. The maximum Gasteiger partial charge on any atom is 0.124 e. The van der Waals surface area contributed by atoms with Gasteiger partial charge in [0, 0.05) is 12.0 Å². The third-order valence-electron chi connectivity index (χ3n) is 2.37.